The molecule has 1 atom stereocenters. The molecule has 5 heteroatoms. The molecule has 0 aliphatic carbocycles. The van der Waals surface area contributed by atoms with Crippen LogP contribution in [0.2, 0.25) is 0 Å². The zero-order valence-corrected chi connectivity index (χ0v) is 8.89. The molecule has 0 bridgehead atoms. The lowest BCUT2D eigenvalue weighted by Crippen LogP contribution is -2.40. The van der Waals surface area contributed by atoms with E-state index in [0.29, 0.717) is 19.5 Å². The third-order valence-electron chi connectivity index (χ3n) is 2.41. The maximum Gasteiger partial charge on any atom is 0.214 e. The highest BCUT2D eigenvalue weighted by molar-refractivity contribution is 7.89. The van der Waals surface area contributed by atoms with Crippen molar-refractivity contribution in [3.8, 4) is 0 Å². The van der Waals surface area contributed by atoms with Gasteiger partial charge >= 0.3 is 0 Å². The van der Waals surface area contributed by atoms with E-state index in [4.69, 9.17) is 5.73 Å². The molecule has 1 unspecified atom stereocenters. The van der Waals surface area contributed by atoms with Crippen LogP contribution in [0.4, 0.5) is 0 Å². The maximum atomic E-state index is 11.7. The van der Waals surface area contributed by atoms with Gasteiger partial charge in [-0.2, -0.15) is 4.31 Å². The predicted octanol–water partition coefficient (Wildman–Crippen LogP) is 0.149. The van der Waals surface area contributed by atoms with Gasteiger partial charge in [-0.1, -0.05) is 6.92 Å². The Kier molecular flexibility index (Phi) is 3.70. The van der Waals surface area contributed by atoms with Crippen molar-refractivity contribution < 1.29 is 8.42 Å². The van der Waals surface area contributed by atoms with Crippen molar-refractivity contribution in [3.63, 3.8) is 0 Å². The highest BCUT2D eigenvalue weighted by Crippen LogP contribution is 2.20. The van der Waals surface area contributed by atoms with E-state index in [2.05, 4.69) is 0 Å². The molecule has 13 heavy (non-hydrogen) atoms. The molecule has 0 spiro atoms. The topological polar surface area (TPSA) is 63.4 Å². The van der Waals surface area contributed by atoms with Crippen molar-refractivity contribution in [2.75, 3.05) is 18.8 Å². The second-order valence-electron chi connectivity index (χ2n) is 3.46. The fourth-order valence-corrected chi connectivity index (χ4v) is 3.59. The first-order valence-electron chi connectivity index (χ1n) is 4.81. The van der Waals surface area contributed by atoms with E-state index in [9.17, 15) is 8.42 Å². The standard InChI is InChI=1S/C8H18N2O2S/c1-2-6-13(11,12)10-5-3-4-8(10)7-9/h8H,2-7,9H2,1H3. The van der Waals surface area contributed by atoms with Gasteiger partial charge in [-0.3, -0.25) is 0 Å². The molecule has 4 nitrogen and oxygen atoms in total. The second kappa shape index (κ2) is 4.39. The van der Waals surface area contributed by atoms with Crippen molar-refractivity contribution in [1.29, 1.82) is 0 Å². The molecule has 0 aromatic carbocycles. The average molecular weight is 206 g/mol. The molecule has 1 fully saturated rings. The van der Waals surface area contributed by atoms with Gasteiger partial charge in [0.25, 0.3) is 0 Å². The molecule has 2 N–H and O–H groups in total. The Morgan fingerprint density at radius 2 is 2.23 bits per heavy atom. The van der Waals surface area contributed by atoms with Crippen LogP contribution >= 0.6 is 0 Å². The fraction of sp³-hybridized carbons (Fsp3) is 1.00. The van der Waals surface area contributed by atoms with Crippen LogP contribution in [0.15, 0.2) is 0 Å². The zero-order valence-electron chi connectivity index (χ0n) is 8.07. The summed E-state index contributed by atoms with van der Waals surface area (Å²) in [4.78, 5) is 0. The number of hydrogen-bond acceptors (Lipinski definition) is 3. The van der Waals surface area contributed by atoms with Gasteiger partial charge in [0, 0.05) is 19.1 Å². The summed E-state index contributed by atoms with van der Waals surface area (Å²) in [5.74, 6) is 0.253. The first kappa shape index (κ1) is 10.9. The Bertz CT molecular complexity index is 251. The highest BCUT2D eigenvalue weighted by atomic mass is 32.2. The van der Waals surface area contributed by atoms with E-state index >= 15 is 0 Å². The lowest BCUT2D eigenvalue weighted by atomic mass is 10.2. The summed E-state index contributed by atoms with van der Waals surface area (Å²) < 4.78 is 24.9. The normalized spacial score (nSPS) is 25.2. The molecule has 1 aliphatic heterocycles. The minimum atomic E-state index is -3.02. The van der Waals surface area contributed by atoms with Gasteiger partial charge in [-0.05, 0) is 19.3 Å². The molecule has 1 heterocycles. The van der Waals surface area contributed by atoms with Gasteiger partial charge in [0.1, 0.15) is 0 Å². The molecule has 0 aromatic rings. The van der Waals surface area contributed by atoms with Gasteiger partial charge in [-0.15, -0.1) is 0 Å². The van der Waals surface area contributed by atoms with E-state index in [1.54, 1.807) is 4.31 Å². The lowest BCUT2D eigenvalue weighted by molar-refractivity contribution is 0.393. The fourth-order valence-electron chi connectivity index (χ4n) is 1.79. The molecule has 1 saturated heterocycles. The van der Waals surface area contributed by atoms with Crippen LogP contribution in [0.5, 0.6) is 0 Å². The third-order valence-corrected chi connectivity index (χ3v) is 4.53. The van der Waals surface area contributed by atoms with E-state index < -0.39 is 10.0 Å². The summed E-state index contributed by atoms with van der Waals surface area (Å²) in [5, 5.41) is 0. The highest BCUT2D eigenvalue weighted by Gasteiger charge is 2.32. The van der Waals surface area contributed by atoms with Crippen LogP contribution in [-0.4, -0.2) is 37.6 Å². The number of hydrogen-bond donors (Lipinski definition) is 1. The molecular weight excluding hydrogens is 188 g/mol. The lowest BCUT2D eigenvalue weighted by Gasteiger charge is -2.22. The van der Waals surface area contributed by atoms with E-state index in [1.165, 1.54) is 0 Å². The minimum Gasteiger partial charge on any atom is -0.329 e. The Balaban J connectivity index is 2.69. The summed E-state index contributed by atoms with van der Waals surface area (Å²) in [5.41, 5.74) is 5.51. The quantitative estimate of drug-likeness (QED) is 0.712. The first-order chi connectivity index (χ1) is 6.11. The van der Waals surface area contributed by atoms with Gasteiger partial charge in [0.2, 0.25) is 10.0 Å². The minimum absolute atomic E-state index is 0.0524. The summed E-state index contributed by atoms with van der Waals surface area (Å²) in [6.45, 7) is 2.98. The van der Waals surface area contributed by atoms with Crippen molar-refractivity contribution in [2.45, 2.75) is 32.2 Å². The summed E-state index contributed by atoms with van der Waals surface area (Å²) in [6, 6.07) is 0.0524. The number of nitrogens with two attached hydrogens (primary N) is 1. The Hall–Kier alpha value is -0.130. The number of nitrogens with zero attached hydrogens (tertiary/aromatic N) is 1. The van der Waals surface area contributed by atoms with E-state index in [-0.39, 0.29) is 11.8 Å². The predicted molar refractivity (Wildman–Crippen MR) is 52.9 cm³/mol. The van der Waals surface area contributed by atoms with Crippen LogP contribution in [0.3, 0.4) is 0 Å². The van der Waals surface area contributed by atoms with Crippen LogP contribution in [0.25, 0.3) is 0 Å². The molecule has 0 saturated carbocycles. The molecule has 1 aliphatic rings. The van der Waals surface area contributed by atoms with Gasteiger partial charge < -0.3 is 5.73 Å². The molecule has 0 amide bonds. The molecule has 0 aromatic heterocycles. The Morgan fingerprint density at radius 3 is 2.77 bits per heavy atom. The smallest absolute Gasteiger partial charge is 0.214 e. The SMILES string of the molecule is CCCS(=O)(=O)N1CCCC1CN. The van der Waals surface area contributed by atoms with E-state index in [1.807, 2.05) is 6.92 Å². The molecular formula is C8H18N2O2S. The number of rotatable bonds is 4. The first-order valence-corrected chi connectivity index (χ1v) is 6.42. The van der Waals surface area contributed by atoms with Crippen molar-refractivity contribution in [3.05, 3.63) is 0 Å². The molecule has 1 rings (SSSR count). The van der Waals surface area contributed by atoms with Crippen molar-refractivity contribution in [2.24, 2.45) is 5.73 Å². The third kappa shape index (κ3) is 2.42. The monoisotopic (exact) mass is 206 g/mol. The van der Waals surface area contributed by atoms with Crippen molar-refractivity contribution >= 4 is 10.0 Å². The summed E-state index contributed by atoms with van der Waals surface area (Å²) in [7, 11) is -3.02. The number of sulfonamides is 1. The Morgan fingerprint density at radius 1 is 1.54 bits per heavy atom. The van der Waals surface area contributed by atoms with Crippen LogP contribution in [0.1, 0.15) is 26.2 Å². The Labute approximate surface area is 80.1 Å². The van der Waals surface area contributed by atoms with Crippen molar-refractivity contribution in [1.82, 2.24) is 4.31 Å². The van der Waals surface area contributed by atoms with Gasteiger partial charge in [0.15, 0.2) is 0 Å². The molecule has 78 valence electrons. The zero-order chi connectivity index (χ0) is 9.90. The maximum absolute atomic E-state index is 11.7. The summed E-state index contributed by atoms with van der Waals surface area (Å²) in [6.07, 6.45) is 2.54. The van der Waals surface area contributed by atoms with Crippen LogP contribution in [-0.2, 0) is 10.0 Å². The van der Waals surface area contributed by atoms with Gasteiger partial charge in [0.05, 0.1) is 5.75 Å². The van der Waals surface area contributed by atoms with E-state index in [0.717, 1.165) is 12.8 Å². The summed E-state index contributed by atoms with van der Waals surface area (Å²) >= 11 is 0. The van der Waals surface area contributed by atoms with Crippen LogP contribution < -0.4 is 5.73 Å². The largest absolute Gasteiger partial charge is 0.329 e. The molecule has 0 radical (unpaired) electrons. The van der Waals surface area contributed by atoms with Gasteiger partial charge in [-0.25, -0.2) is 8.42 Å². The second-order valence-corrected chi connectivity index (χ2v) is 5.50. The average Bonchev–Trinajstić information content (AvgIpc) is 2.51. The van der Waals surface area contributed by atoms with Crippen LogP contribution in [0, 0.1) is 0 Å².